The van der Waals surface area contributed by atoms with Crippen molar-refractivity contribution in [3.63, 3.8) is 0 Å². The summed E-state index contributed by atoms with van der Waals surface area (Å²) in [5.41, 5.74) is 1.31. The number of hydrogen-bond acceptors (Lipinski definition) is 3. The van der Waals surface area contributed by atoms with Crippen LogP contribution >= 0.6 is 11.6 Å². The average Bonchev–Trinajstić information content (AvgIpc) is 2.47. The predicted molar refractivity (Wildman–Crippen MR) is 82.2 cm³/mol. The molecule has 2 aromatic carbocycles. The number of nitro benzene ring substituents is 1. The van der Waals surface area contributed by atoms with E-state index in [9.17, 15) is 14.9 Å². The molecule has 2 rings (SSSR count). The third kappa shape index (κ3) is 4.43. The number of hydrogen-bond donors (Lipinski definition) is 1. The lowest BCUT2D eigenvalue weighted by atomic mass is 10.2. The van der Waals surface area contributed by atoms with Crippen LogP contribution in [0.25, 0.3) is 6.08 Å². The molecule has 1 amide bonds. The van der Waals surface area contributed by atoms with Gasteiger partial charge in [-0.3, -0.25) is 14.9 Å². The largest absolute Gasteiger partial charge is 0.323 e. The smallest absolute Gasteiger partial charge is 0.269 e. The Kier molecular flexibility index (Phi) is 4.68. The van der Waals surface area contributed by atoms with Gasteiger partial charge in [0.2, 0.25) is 5.91 Å². The van der Waals surface area contributed by atoms with Crippen molar-refractivity contribution < 1.29 is 9.72 Å². The zero-order chi connectivity index (χ0) is 15.2. The molecule has 0 aliphatic heterocycles. The van der Waals surface area contributed by atoms with Gasteiger partial charge in [0.15, 0.2) is 0 Å². The van der Waals surface area contributed by atoms with Gasteiger partial charge < -0.3 is 5.32 Å². The Balaban J connectivity index is 1.98. The topological polar surface area (TPSA) is 72.2 Å². The molecule has 0 saturated heterocycles. The van der Waals surface area contributed by atoms with Crippen LogP contribution in [0.3, 0.4) is 0 Å². The predicted octanol–water partition coefficient (Wildman–Crippen LogP) is 3.90. The molecular weight excluding hydrogens is 292 g/mol. The van der Waals surface area contributed by atoms with Crippen LogP contribution in [0.15, 0.2) is 54.6 Å². The fourth-order valence-corrected chi connectivity index (χ4v) is 1.72. The third-order valence-electron chi connectivity index (χ3n) is 2.64. The summed E-state index contributed by atoms with van der Waals surface area (Å²) in [7, 11) is 0. The van der Waals surface area contributed by atoms with E-state index in [1.807, 2.05) is 0 Å². The van der Waals surface area contributed by atoms with Gasteiger partial charge in [0.05, 0.1) is 4.92 Å². The Hall–Kier alpha value is -2.66. The van der Waals surface area contributed by atoms with E-state index >= 15 is 0 Å². The van der Waals surface area contributed by atoms with Gasteiger partial charge in [-0.2, -0.15) is 0 Å². The number of halogens is 1. The summed E-state index contributed by atoms with van der Waals surface area (Å²) >= 11 is 5.77. The first-order chi connectivity index (χ1) is 10.0. The summed E-state index contributed by atoms with van der Waals surface area (Å²) < 4.78 is 0. The van der Waals surface area contributed by atoms with Crippen LogP contribution in [0.5, 0.6) is 0 Å². The molecule has 5 nitrogen and oxygen atoms in total. The minimum Gasteiger partial charge on any atom is -0.323 e. The number of non-ortho nitro benzene ring substituents is 1. The molecule has 21 heavy (non-hydrogen) atoms. The first-order valence-corrected chi connectivity index (χ1v) is 6.41. The lowest BCUT2D eigenvalue weighted by Crippen LogP contribution is -2.07. The zero-order valence-corrected chi connectivity index (χ0v) is 11.6. The van der Waals surface area contributed by atoms with E-state index in [2.05, 4.69) is 5.32 Å². The standard InChI is InChI=1S/C15H11ClN2O3/c16-12-4-1-11(2-5-12)3-10-15(19)17-13-6-8-14(9-7-13)18(20)21/h1-10H,(H,17,19)/b10-3+. The van der Waals surface area contributed by atoms with Crippen molar-refractivity contribution in [2.24, 2.45) is 0 Å². The van der Waals surface area contributed by atoms with E-state index in [1.54, 1.807) is 30.3 Å². The van der Waals surface area contributed by atoms with Crippen molar-refractivity contribution in [2.45, 2.75) is 0 Å². The summed E-state index contributed by atoms with van der Waals surface area (Å²) in [5, 5.41) is 13.8. The second kappa shape index (κ2) is 6.67. The summed E-state index contributed by atoms with van der Waals surface area (Å²) in [6.07, 6.45) is 3.03. The van der Waals surface area contributed by atoms with E-state index in [4.69, 9.17) is 11.6 Å². The number of anilines is 1. The quantitative estimate of drug-likeness (QED) is 0.529. The number of nitrogens with zero attached hydrogens (tertiary/aromatic N) is 1. The Morgan fingerprint density at radius 1 is 1.10 bits per heavy atom. The Morgan fingerprint density at radius 2 is 1.71 bits per heavy atom. The van der Waals surface area contributed by atoms with Gasteiger partial charge >= 0.3 is 0 Å². The van der Waals surface area contributed by atoms with E-state index in [0.717, 1.165) is 5.56 Å². The first kappa shape index (κ1) is 14.7. The number of carbonyl (C=O) groups is 1. The van der Waals surface area contributed by atoms with Crippen LogP contribution in [-0.2, 0) is 4.79 Å². The Labute approximate surface area is 126 Å². The molecule has 0 heterocycles. The van der Waals surface area contributed by atoms with E-state index in [1.165, 1.54) is 30.3 Å². The Bertz CT molecular complexity index is 679. The van der Waals surface area contributed by atoms with E-state index in [0.29, 0.717) is 10.7 Å². The van der Waals surface area contributed by atoms with Crippen LogP contribution in [0.2, 0.25) is 5.02 Å². The molecule has 2 aromatic rings. The van der Waals surface area contributed by atoms with Crippen LogP contribution < -0.4 is 5.32 Å². The number of nitro groups is 1. The lowest BCUT2D eigenvalue weighted by molar-refractivity contribution is -0.384. The number of carbonyl (C=O) groups excluding carboxylic acids is 1. The highest BCUT2D eigenvalue weighted by Gasteiger charge is 2.04. The van der Waals surface area contributed by atoms with Gasteiger partial charge in [0, 0.05) is 28.9 Å². The number of benzene rings is 2. The van der Waals surface area contributed by atoms with Crippen molar-refractivity contribution in [1.29, 1.82) is 0 Å². The summed E-state index contributed by atoms with van der Waals surface area (Å²) in [6, 6.07) is 12.7. The molecule has 0 atom stereocenters. The summed E-state index contributed by atoms with van der Waals surface area (Å²) in [4.78, 5) is 21.7. The molecule has 0 radical (unpaired) electrons. The lowest BCUT2D eigenvalue weighted by Gasteiger charge is -2.01. The maximum absolute atomic E-state index is 11.7. The number of amides is 1. The summed E-state index contributed by atoms with van der Waals surface area (Å²) in [5.74, 6) is -0.321. The SMILES string of the molecule is O=C(/C=C/c1ccc(Cl)cc1)Nc1ccc([N+](=O)[O-])cc1. The van der Waals surface area contributed by atoms with Crippen LogP contribution in [0.4, 0.5) is 11.4 Å². The molecule has 6 heteroatoms. The maximum Gasteiger partial charge on any atom is 0.269 e. The molecule has 0 aromatic heterocycles. The Morgan fingerprint density at radius 3 is 2.29 bits per heavy atom. The van der Waals surface area contributed by atoms with E-state index in [-0.39, 0.29) is 11.6 Å². The average molecular weight is 303 g/mol. The van der Waals surface area contributed by atoms with Gasteiger partial charge in [0.1, 0.15) is 0 Å². The number of nitrogens with one attached hydrogen (secondary N) is 1. The van der Waals surface area contributed by atoms with Gasteiger partial charge in [-0.25, -0.2) is 0 Å². The molecule has 0 aliphatic rings. The van der Waals surface area contributed by atoms with Crippen LogP contribution in [0, 0.1) is 10.1 Å². The van der Waals surface area contributed by atoms with Gasteiger partial charge in [-0.1, -0.05) is 23.7 Å². The second-order valence-electron chi connectivity index (χ2n) is 4.18. The van der Waals surface area contributed by atoms with Crippen molar-refractivity contribution in [1.82, 2.24) is 0 Å². The van der Waals surface area contributed by atoms with Crippen LogP contribution in [0.1, 0.15) is 5.56 Å². The molecule has 0 spiro atoms. The highest BCUT2D eigenvalue weighted by Crippen LogP contribution is 2.15. The van der Waals surface area contributed by atoms with Gasteiger partial charge in [-0.05, 0) is 35.9 Å². The van der Waals surface area contributed by atoms with Crippen molar-refractivity contribution in [3.05, 3.63) is 75.3 Å². The maximum atomic E-state index is 11.7. The molecule has 1 N–H and O–H groups in total. The molecule has 106 valence electrons. The van der Waals surface area contributed by atoms with Crippen molar-refractivity contribution in [3.8, 4) is 0 Å². The zero-order valence-electron chi connectivity index (χ0n) is 10.8. The minimum atomic E-state index is -0.494. The molecule has 0 fully saturated rings. The van der Waals surface area contributed by atoms with Crippen molar-refractivity contribution in [2.75, 3.05) is 5.32 Å². The normalized spacial score (nSPS) is 10.5. The second-order valence-corrected chi connectivity index (χ2v) is 4.61. The monoisotopic (exact) mass is 302 g/mol. The van der Waals surface area contributed by atoms with Gasteiger partial charge in [-0.15, -0.1) is 0 Å². The fourth-order valence-electron chi connectivity index (χ4n) is 1.60. The molecule has 0 unspecified atom stereocenters. The molecule has 0 saturated carbocycles. The first-order valence-electron chi connectivity index (χ1n) is 6.04. The van der Waals surface area contributed by atoms with E-state index < -0.39 is 4.92 Å². The fraction of sp³-hybridized carbons (Fsp3) is 0. The third-order valence-corrected chi connectivity index (χ3v) is 2.89. The van der Waals surface area contributed by atoms with Gasteiger partial charge in [0.25, 0.3) is 5.69 Å². The number of rotatable bonds is 4. The molecule has 0 bridgehead atoms. The van der Waals surface area contributed by atoms with Crippen molar-refractivity contribution >= 4 is 35.0 Å². The molecular formula is C15H11ClN2O3. The summed E-state index contributed by atoms with van der Waals surface area (Å²) in [6.45, 7) is 0. The minimum absolute atomic E-state index is 0.0234. The highest BCUT2D eigenvalue weighted by molar-refractivity contribution is 6.30. The van der Waals surface area contributed by atoms with Crippen LogP contribution in [-0.4, -0.2) is 10.8 Å². The molecule has 0 aliphatic carbocycles. The highest BCUT2D eigenvalue weighted by atomic mass is 35.5.